The van der Waals surface area contributed by atoms with Crippen LogP contribution in [0.1, 0.15) is 51.4 Å². The van der Waals surface area contributed by atoms with Crippen molar-refractivity contribution in [1.82, 2.24) is 9.88 Å². The number of piperazine rings is 1. The van der Waals surface area contributed by atoms with Gasteiger partial charge >= 0.3 is 0 Å². The Kier molecular flexibility index (Phi) is 5.20. The molecule has 5 nitrogen and oxygen atoms in total. The summed E-state index contributed by atoms with van der Waals surface area (Å²) in [6.45, 7) is 4.40. The molecule has 25 heavy (non-hydrogen) atoms. The number of nitrogens with zero attached hydrogens (tertiary/aromatic N) is 3. The Morgan fingerprint density at radius 3 is 2.28 bits per heavy atom. The molecule has 2 heterocycles. The summed E-state index contributed by atoms with van der Waals surface area (Å²) in [5.41, 5.74) is 0.824. The molecule has 0 spiro atoms. The summed E-state index contributed by atoms with van der Waals surface area (Å²) in [6.07, 6.45) is 11.8. The predicted molar refractivity (Wildman–Crippen MR) is 101 cm³/mol. The van der Waals surface area contributed by atoms with E-state index in [1.54, 1.807) is 0 Å². The Morgan fingerprint density at radius 1 is 0.960 bits per heavy atom. The van der Waals surface area contributed by atoms with Crippen LogP contribution in [0.4, 0.5) is 11.5 Å². The maximum atomic E-state index is 12.2. The van der Waals surface area contributed by atoms with Crippen LogP contribution in [0.25, 0.3) is 0 Å². The molecule has 1 saturated heterocycles. The number of anilines is 2. The van der Waals surface area contributed by atoms with Crippen LogP contribution in [0.3, 0.4) is 0 Å². The smallest absolute Gasteiger partial charge is 0.227 e. The van der Waals surface area contributed by atoms with Crippen molar-refractivity contribution in [2.24, 2.45) is 5.92 Å². The lowest BCUT2D eigenvalue weighted by atomic mass is 10.1. The van der Waals surface area contributed by atoms with Gasteiger partial charge in [-0.05, 0) is 37.8 Å². The molecule has 0 unspecified atom stereocenters. The lowest BCUT2D eigenvalue weighted by molar-refractivity contribution is -0.119. The molecule has 4 rings (SSSR count). The van der Waals surface area contributed by atoms with Gasteiger partial charge in [-0.25, -0.2) is 4.98 Å². The molecule has 1 aromatic rings. The number of amides is 1. The van der Waals surface area contributed by atoms with E-state index in [1.165, 1.54) is 38.5 Å². The molecular formula is C20H30N4O. The minimum Gasteiger partial charge on any atom is -0.354 e. The molecule has 1 aliphatic heterocycles. The van der Waals surface area contributed by atoms with Crippen molar-refractivity contribution in [3.63, 3.8) is 0 Å². The highest BCUT2D eigenvalue weighted by Crippen LogP contribution is 2.27. The molecule has 2 saturated carbocycles. The van der Waals surface area contributed by atoms with Crippen LogP contribution >= 0.6 is 0 Å². The fourth-order valence-electron chi connectivity index (χ4n) is 4.66. The largest absolute Gasteiger partial charge is 0.354 e. The maximum absolute atomic E-state index is 12.2. The third kappa shape index (κ3) is 3.97. The number of hydrogen-bond acceptors (Lipinski definition) is 4. The summed E-state index contributed by atoms with van der Waals surface area (Å²) in [5, 5.41) is 3.03. The molecule has 1 amide bonds. The predicted octanol–water partition coefficient (Wildman–Crippen LogP) is 3.27. The lowest BCUT2D eigenvalue weighted by Crippen LogP contribution is -2.49. The Labute approximate surface area is 150 Å². The van der Waals surface area contributed by atoms with E-state index in [9.17, 15) is 4.79 Å². The van der Waals surface area contributed by atoms with Crippen molar-refractivity contribution in [2.75, 3.05) is 36.4 Å². The van der Waals surface area contributed by atoms with Crippen LogP contribution in [0.15, 0.2) is 18.3 Å². The second kappa shape index (κ2) is 7.73. The van der Waals surface area contributed by atoms with E-state index in [0.29, 0.717) is 0 Å². The first-order valence-electron chi connectivity index (χ1n) is 10.1. The molecule has 0 aromatic carbocycles. The first kappa shape index (κ1) is 16.8. The van der Waals surface area contributed by atoms with Gasteiger partial charge in [-0.3, -0.25) is 9.69 Å². The fourth-order valence-corrected chi connectivity index (χ4v) is 4.66. The second-order valence-electron chi connectivity index (χ2n) is 7.84. The van der Waals surface area contributed by atoms with Gasteiger partial charge in [0.2, 0.25) is 5.91 Å². The number of hydrogen-bond donors (Lipinski definition) is 1. The summed E-state index contributed by atoms with van der Waals surface area (Å²) in [5.74, 6) is 1.39. The van der Waals surface area contributed by atoms with Crippen molar-refractivity contribution < 1.29 is 4.79 Å². The average molecular weight is 342 g/mol. The second-order valence-corrected chi connectivity index (χ2v) is 7.84. The van der Waals surface area contributed by atoms with E-state index < -0.39 is 0 Å². The zero-order valence-corrected chi connectivity index (χ0v) is 15.1. The van der Waals surface area contributed by atoms with Crippen molar-refractivity contribution in [3.8, 4) is 0 Å². The SMILES string of the molecule is O=C(Nc1ccc(N2CCN(C3CCCC3)CC2)nc1)C1CCCC1. The van der Waals surface area contributed by atoms with Crippen LogP contribution < -0.4 is 10.2 Å². The molecule has 1 N–H and O–H groups in total. The summed E-state index contributed by atoms with van der Waals surface area (Å²) >= 11 is 0. The molecule has 0 radical (unpaired) electrons. The molecule has 0 atom stereocenters. The van der Waals surface area contributed by atoms with E-state index in [0.717, 1.165) is 56.6 Å². The van der Waals surface area contributed by atoms with Crippen molar-refractivity contribution in [2.45, 2.75) is 57.4 Å². The Balaban J connectivity index is 1.29. The topological polar surface area (TPSA) is 48.5 Å². The first-order chi connectivity index (χ1) is 12.3. The van der Waals surface area contributed by atoms with Crippen molar-refractivity contribution in [1.29, 1.82) is 0 Å². The van der Waals surface area contributed by atoms with Gasteiger partial charge in [0.15, 0.2) is 0 Å². The molecule has 5 heteroatoms. The van der Waals surface area contributed by atoms with E-state index in [2.05, 4.69) is 26.2 Å². The zero-order chi connectivity index (χ0) is 17.1. The Morgan fingerprint density at radius 2 is 1.64 bits per heavy atom. The van der Waals surface area contributed by atoms with Gasteiger partial charge in [0.25, 0.3) is 0 Å². The van der Waals surface area contributed by atoms with Crippen molar-refractivity contribution >= 4 is 17.4 Å². The number of carbonyl (C=O) groups is 1. The van der Waals surface area contributed by atoms with E-state index >= 15 is 0 Å². The van der Waals surface area contributed by atoms with Gasteiger partial charge in [-0.15, -0.1) is 0 Å². The van der Waals surface area contributed by atoms with Crippen LogP contribution in [0.5, 0.6) is 0 Å². The maximum Gasteiger partial charge on any atom is 0.227 e. The summed E-state index contributed by atoms with van der Waals surface area (Å²) in [7, 11) is 0. The Bertz CT molecular complexity index is 568. The highest BCUT2D eigenvalue weighted by molar-refractivity contribution is 5.92. The van der Waals surface area contributed by atoms with E-state index in [1.807, 2.05) is 12.3 Å². The Hall–Kier alpha value is -1.62. The molecule has 3 fully saturated rings. The molecular weight excluding hydrogens is 312 g/mol. The molecule has 136 valence electrons. The highest BCUT2D eigenvalue weighted by atomic mass is 16.1. The number of nitrogens with one attached hydrogen (secondary N) is 1. The zero-order valence-electron chi connectivity index (χ0n) is 15.1. The van der Waals surface area contributed by atoms with Gasteiger partial charge in [0, 0.05) is 38.1 Å². The van der Waals surface area contributed by atoms with Gasteiger partial charge in [0.05, 0.1) is 11.9 Å². The fraction of sp³-hybridized carbons (Fsp3) is 0.700. The van der Waals surface area contributed by atoms with Gasteiger partial charge in [-0.2, -0.15) is 0 Å². The number of carbonyl (C=O) groups excluding carboxylic acids is 1. The summed E-state index contributed by atoms with van der Waals surface area (Å²) in [6, 6.07) is 4.87. The third-order valence-electron chi connectivity index (χ3n) is 6.22. The highest BCUT2D eigenvalue weighted by Gasteiger charge is 2.26. The van der Waals surface area contributed by atoms with Gasteiger partial charge in [-0.1, -0.05) is 25.7 Å². The molecule has 3 aliphatic rings. The quantitative estimate of drug-likeness (QED) is 0.912. The van der Waals surface area contributed by atoms with Crippen LogP contribution in [0, 0.1) is 5.92 Å². The number of aromatic nitrogens is 1. The minimum atomic E-state index is 0.164. The molecule has 2 aliphatic carbocycles. The third-order valence-corrected chi connectivity index (χ3v) is 6.22. The monoisotopic (exact) mass is 342 g/mol. The molecule has 0 bridgehead atoms. The standard InChI is InChI=1S/C20H30N4O/c25-20(16-5-1-2-6-16)22-17-9-10-19(21-15-17)24-13-11-23(12-14-24)18-7-3-4-8-18/h9-10,15-16,18H,1-8,11-14H2,(H,22,25). The van der Waals surface area contributed by atoms with E-state index in [-0.39, 0.29) is 11.8 Å². The normalized spacial score (nSPS) is 23.3. The lowest BCUT2D eigenvalue weighted by Gasteiger charge is -2.38. The number of rotatable bonds is 4. The summed E-state index contributed by atoms with van der Waals surface area (Å²) in [4.78, 5) is 21.8. The van der Waals surface area contributed by atoms with Crippen LogP contribution in [-0.4, -0.2) is 48.0 Å². The van der Waals surface area contributed by atoms with Crippen LogP contribution in [0.2, 0.25) is 0 Å². The van der Waals surface area contributed by atoms with Gasteiger partial charge < -0.3 is 10.2 Å². The van der Waals surface area contributed by atoms with Crippen LogP contribution in [-0.2, 0) is 4.79 Å². The van der Waals surface area contributed by atoms with E-state index in [4.69, 9.17) is 0 Å². The summed E-state index contributed by atoms with van der Waals surface area (Å²) < 4.78 is 0. The molecule has 1 aromatic heterocycles. The average Bonchev–Trinajstić information content (AvgIpc) is 3.36. The number of pyridine rings is 1. The minimum absolute atomic E-state index is 0.164. The van der Waals surface area contributed by atoms with Crippen molar-refractivity contribution in [3.05, 3.63) is 18.3 Å². The van der Waals surface area contributed by atoms with Gasteiger partial charge in [0.1, 0.15) is 5.82 Å². The first-order valence-corrected chi connectivity index (χ1v) is 10.1.